The maximum atomic E-state index is 13.2. The molecule has 2 rings (SSSR count). The van der Waals surface area contributed by atoms with E-state index in [1.165, 1.54) is 6.07 Å². The van der Waals surface area contributed by atoms with E-state index in [-0.39, 0.29) is 17.8 Å². The summed E-state index contributed by atoms with van der Waals surface area (Å²) >= 11 is 0. The average Bonchev–Trinajstić information content (AvgIpc) is 2.53. The van der Waals surface area contributed by atoms with Crippen LogP contribution in [0.25, 0.3) is 0 Å². The molecule has 1 aliphatic heterocycles. The van der Waals surface area contributed by atoms with Crippen molar-refractivity contribution in [2.24, 2.45) is 0 Å². The van der Waals surface area contributed by atoms with Crippen molar-refractivity contribution >= 4 is 5.91 Å². The molecule has 0 spiro atoms. The third kappa shape index (κ3) is 5.07. The van der Waals surface area contributed by atoms with E-state index in [1.54, 1.807) is 12.1 Å². The molecule has 0 bridgehead atoms. The Morgan fingerprint density at radius 3 is 2.82 bits per heavy atom. The van der Waals surface area contributed by atoms with Gasteiger partial charge in [0.2, 0.25) is 5.91 Å². The molecule has 0 aromatic heterocycles. The van der Waals surface area contributed by atoms with Gasteiger partial charge in [-0.05, 0) is 44.5 Å². The van der Waals surface area contributed by atoms with Gasteiger partial charge in [0.15, 0.2) is 0 Å². The SMILES string of the molecule is CC(CCc1cccc(F)c1)N(C)CC(=O)N1CCOCC1. The zero-order valence-electron chi connectivity index (χ0n) is 13.4. The van der Waals surface area contributed by atoms with Crippen molar-refractivity contribution in [3.05, 3.63) is 35.6 Å². The van der Waals surface area contributed by atoms with Gasteiger partial charge in [-0.25, -0.2) is 4.39 Å². The van der Waals surface area contributed by atoms with Gasteiger partial charge in [-0.3, -0.25) is 9.69 Å². The van der Waals surface area contributed by atoms with Crippen molar-refractivity contribution in [1.82, 2.24) is 9.80 Å². The summed E-state index contributed by atoms with van der Waals surface area (Å²) in [5, 5.41) is 0. The number of halogens is 1. The van der Waals surface area contributed by atoms with Crippen molar-refractivity contribution < 1.29 is 13.9 Å². The van der Waals surface area contributed by atoms with E-state index < -0.39 is 0 Å². The van der Waals surface area contributed by atoms with Gasteiger partial charge in [0, 0.05) is 19.1 Å². The molecule has 1 aromatic carbocycles. The number of rotatable bonds is 6. The van der Waals surface area contributed by atoms with Crippen LogP contribution in [0.2, 0.25) is 0 Å². The van der Waals surface area contributed by atoms with Gasteiger partial charge in [0.1, 0.15) is 5.82 Å². The predicted octanol–water partition coefficient (Wildman–Crippen LogP) is 1.94. The minimum atomic E-state index is -0.194. The van der Waals surface area contributed by atoms with Gasteiger partial charge in [0.25, 0.3) is 0 Å². The first kappa shape index (κ1) is 16.9. The largest absolute Gasteiger partial charge is 0.378 e. The summed E-state index contributed by atoms with van der Waals surface area (Å²) in [5.41, 5.74) is 1.000. The smallest absolute Gasteiger partial charge is 0.236 e. The molecular weight excluding hydrogens is 283 g/mol. The Morgan fingerprint density at radius 1 is 1.41 bits per heavy atom. The predicted molar refractivity (Wildman–Crippen MR) is 84.2 cm³/mol. The first-order chi connectivity index (χ1) is 10.6. The maximum absolute atomic E-state index is 13.2. The van der Waals surface area contributed by atoms with Crippen LogP contribution in [0.3, 0.4) is 0 Å². The first-order valence-corrected chi connectivity index (χ1v) is 7.86. The Morgan fingerprint density at radius 2 is 2.14 bits per heavy atom. The van der Waals surface area contributed by atoms with Gasteiger partial charge < -0.3 is 9.64 Å². The van der Waals surface area contributed by atoms with Crippen LogP contribution < -0.4 is 0 Å². The van der Waals surface area contributed by atoms with Gasteiger partial charge >= 0.3 is 0 Å². The average molecular weight is 308 g/mol. The van der Waals surface area contributed by atoms with Crippen LogP contribution in [0.15, 0.2) is 24.3 Å². The molecule has 1 amide bonds. The van der Waals surface area contributed by atoms with Crippen LogP contribution in [0.4, 0.5) is 4.39 Å². The molecule has 22 heavy (non-hydrogen) atoms. The number of likely N-dealkylation sites (N-methyl/N-ethyl adjacent to an activating group) is 1. The summed E-state index contributed by atoms with van der Waals surface area (Å²) in [6.45, 7) is 5.15. The number of carbonyl (C=O) groups excluding carboxylic acids is 1. The first-order valence-electron chi connectivity index (χ1n) is 7.86. The summed E-state index contributed by atoms with van der Waals surface area (Å²) in [5.74, 6) is -0.0376. The van der Waals surface area contributed by atoms with Gasteiger partial charge in [-0.1, -0.05) is 12.1 Å². The second kappa shape index (κ2) is 8.25. The molecule has 4 nitrogen and oxygen atoms in total. The van der Waals surface area contributed by atoms with Crippen molar-refractivity contribution in [2.45, 2.75) is 25.8 Å². The van der Waals surface area contributed by atoms with E-state index >= 15 is 0 Å². The number of benzene rings is 1. The van der Waals surface area contributed by atoms with Crippen molar-refractivity contribution in [3.8, 4) is 0 Å². The molecule has 0 N–H and O–H groups in total. The number of hydrogen-bond donors (Lipinski definition) is 0. The second-order valence-electron chi connectivity index (χ2n) is 5.93. The lowest BCUT2D eigenvalue weighted by atomic mass is 10.1. The fourth-order valence-corrected chi connectivity index (χ4v) is 2.57. The highest BCUT2D eigenvalue weighted by molar-refractivity contribution is 5.78. The van der Waals surface area contributed by atoms with Crippen molar-refractivity contribution in [1.29, 1.82) is 0 Å². The molecule has 1 aliphatic rings. The molecule has 1 saturated heterocycles. The number of ether oxygens (including phenoxy) is 1. The minimum absolute atomic E-state index is 0.156. The number of carbonyl (C=O) groups is 1. The molecule has 1 unspecified atom stereocenters. The Bertz CT molecular complexity index is 489. The zero-order chi connectivity index (χ0) is 15.9. The van der Waals surface area contributed by atoms with E-state index in [1.807, 2.05) is 18.0 Å². The number of hydrogen-bond acceptors (Lipinski definition) is 3. The summed E-state index contributed by atoms with van der Waals surface area (Å²) in [6, 6.07) is 6.98. The molecule has 1 fully saturated rings. The van der Waals surface area contributed by atoms with E-state index in [9.17, 15) is 9.18 Å². The molecule has 0 aliphatic carbocycles. The second-order valence-corrected chi connectivity index (χ2v) is 5.93. The van der Waals surface area contributed by atoms with Crippen LogP contribution >= 0.6 is 0 Å². The van der Waals surface area contributed by atoms with Crippen LogP contribution in [-0.4, -0.2) is 61.6 Å². The highest BCUT2D eigenvalue weighted by atomic mass is 19.1. The number of morpholine rings is 1. The molecular formula is C17H25FN2O2. The number of aryl methyl sites for hydroxylation is 1. The lowest BCUT2D eigenvalue weighted by Gasteiger charge is -2.30. The Labute approximate surface area is 131 Å². The summed E-state index contributed by atoms with van der Waals surface area (Å²) in [7, 11) is 1.97. The summed E-state index contributed by atoms with van der Waals surface area (Å²) < 4.78 is 18.4. The topological polar surface area (TPSA) is 32.8 Å². The van der Waals surface area contributed by atoms with Gasteiger partial charge in [-0.2, -0.15) is 0 Å². The third-order valence-electron chi connectivity index (χ3n) is 4.24. The van der Waals surface area contributed by atoms with Crippen LogP contribution in [-0.2, 0) is 16.0 Å². The maximum Gasteiger partial charge on any atom is 0.236 e. The molecule has 1 aromatic rings. The van der Waals surface area contributed by atoms with E-state index in [2.05, 4.69) is 11.8 Å². The number of nitrogens with zero attached hydrogens (tertiary/aromatic N) is 2. The monoisotopic (exact) mass is 308 g/mol. The lowest BCUT2D eigenvalue weighted by molar-refractivity contribution is -0.136. The summed E-state index contributed by atoms with van der Waals surface area (Å²) in [4.78, 5) is 16.1. The van der Waals surface area contributed by atoms with Crippen molar-refractivity contribution in [2.75, 3.05) is 39.9 Å². The Hall–Kier alpha value is -1.46. The Kier molecular flexibility index (Phi) is 6.34. The molecule has 122 valence electrons. The van der Waals surface area contributed by atoms with Crippen LogP contribution in [0, 0.1) is 5.82 Å². The van der Waals surface area contributed by atoms with Gasteiger partial charge in [-0.15, -0.1) is 0 Å². The van der Waals surface area contributed by atoms with Crippen LogP contribution in [0.5, 0.6) is 0 Å². The minimum Gasteiger partial charge on any atom is -0.378 e. The van der Waals surface area contributed by atoms with E-state index in [4.69, 9.17) is 4.74 Å². The molecule has 0 saturated carbocycles. The molecule has 1 heterocycles. The quantitative estimate of drug-likeness (QED) is 0.805. The highest BCUT2D eigenvalue weighted by Crippen LogP contribution is 2.11. The highest BCUT2D eigenvalue weighted by Gasteiger charge is 2.20. The van der Waals surface area contributed by atoms with Gasteiger partial charge in [0.05, 0.1) is 19.8 Å². The van der Waals surface area contributed by atoms with Crippen molar-refractivity contribution in [3.63, 3.8) is 0 Å². The normalized spacial score (nSPS) is 16.8. The zero-order valence-corrected chi connectivity index (χ0v) is 13.4. The molecule has 0 radical (unpaired) electrons. The number of amides is 1. The fraction of sp³-hybridized carbons (Fsp3) is 0.588. The standard InChI is InChI=1S/C17H25FN2O2/c1-14(6-7-15-4-3-5-16(18)12-15)19(2)13-17(21)20-8-10-22-11-9-20/h3-5,12,14H,6-11,13H2,1-2H3. The molecule has 1 atom stereocenters. The lowest BCUT2D eigenvalue weighted by Crippen LogP contribution is -2.46. The van der Waals surface area contributed by atoms with E-state index in [0.717, 1.165) is 18.4 Å². The summed E-state index contributed by atoms with van der Waals surface area (Å²) in [6.07, 6.45) is 1.71. The molecule has 5 heteroatoms. The van der Waals surface area contributed by atoms with Crippen LogP contribution in [0.1, 0.15) is 18.9 Å². The fourth-order valence-electron chi connectivity index (χ4n) is 2.57. The van der Waals surface area contributed by atoms with E-state index in [0.29, 0.717) is 32.8 Å². The third-order valence-corrected chi connectivity index (χ3v) is 4.24. The Balaban J connectivity index is 1.76.